The molecule has 1 heterocycles. The van der Waals surface area contributed by atoms with Gasteiger partial charge in [-0.3, -0.25) is 9.59 Å². The van der Waals surface area contributed by atoms with E-state index in [0.717, 1.165) is 10.9 Å². The fraction of sp³-hybridized carbons (Fsp3) is 0.150. The fourth-order valence-corrected chi connectivity index (χ4v) is 2.55. The Morgan fingerprint density at radius 1 is 1.04 bits per heavy atom. The van der Waals surface area contributed by atoms with Gasteiger partial charge in [-0.25, -0.2) is 4.79 Å². The number of aromatic nitrogens is 1. The summed E-state index contributed by atoms with van der Waals surface area (Å²) in [6.07, 6.45) is 0.599. The highest BCUT2D eigenvalue weighted by molar-refractivity contribution is 6.05. The Kier molecular flexibility index (Phi) is 4.84. The number of ketones is 1. The van der Waals surface area contributed by atoms with Crippen LogP contribution >= 0.6 is 0 Å². The number of benzene rings is 2. The van der Waals surface area contributed by atoms with Gasteiger partial charge < -0.3 is 15.0 Å². The summed E-state index contributed by atoms with van der Waals surface area (Å²) in [5, 5.41) is 3.40. The smallest absolute Gasteiger partial charge is 0.341 e. The zero-order chi connectivity index (χ0) is 18.7. The van der Waals surface area contributed by atoms with Crippen LogP contribution in [0.25, 0.3) is 10.9 Å². The molecule has 3 aromatic rings. The van der Waals surface area contributed by atoms with Crippen molar-refractivity contribution in [2.24, 2.45) is 0 Å². The van der Waals surface area contributed by atoms with E-state index in [0.29, 0.717) is 16.8 Å². The average molecular weight is 350 g/mol. The zero-order valence-electron chi connectivity index (χ0n) is 14.4. The highest BCUT2D eigenvalue weighted by Gasteiger charge is 2.21. The Labute approximate surface area is 150 Å². The number of rotatable bonds is 5. The highest BCUT2D eigenvalue weighted by Crippen LogP contribution is 2.19. The second kappa shape index (κ2) is 7.23. The molecule has 0 aliphatic rings. The Bertz CT molecular complexity index is 973. The van der Waals surface area contributed by atoms with Crippen LogP contribution in [0.4, 0.5) is 5.69 Å². The van der Waals surface area contributed by atoms with E-state index in [-0.39, 0.29) is 5.78 Å². The molecule has 1 atom stereocenters. The molecule has 0 aliphatic heterocycles. The summed E-state index contributed by atoms with van der Waals surface area (Å²) >= 11 is 0. The van der Waals surface area contributed by atoms with E-state index in [1.165, 1.54) is 13.8 Å². The molecule has 3 rings (SSSR count). The number of H-pyrrole nitrogens is 1. The van der Waals surface area contributed by atoms with Crippen LogP contribution in [0, 0.1) is 0 Å². The van der Waals surface area contributed by atoms with E-state index < -0.39 is 18.0 Å². The maximum Gasteiger partial charge on any atom is 0.341 e. The molecular formula is C20H18N2O4. The fourth-order valence-electron chi connectivity index (χ4n) is 2.55. The lowest BCUT2D eigenvalue weighted by atomic mass is 10.1. The van der Waals surface area contributed by atoms with Crippen molar-refractivity contribution in [3.8, 4) is 0 Å². The van der Waals surface area contributed by atoms with Gasteiger partial charge >= 0.3 is 5.97 Å². The van der Waals surface area contributed by atoms with Gasteiger partial charge in [0.25, 0.3) is 5.91 Å². The molecule has 6 nitrogen and oxygen atoms in total. The van der Waals surface area contributed by atoms with E-state index in [2.05, 4.69) is 10.3 Å². The van der Waals surface area contributed by atoms with Gasteiger partial charge in [-0.15, -0.1) is 0 Å². The van der Waals surface area contributed by atoms with Gasteiger partial charge in [0.2, 0.25) is 0 Å². The van der Waals surface area contributed by atoms with Gasteiger partial charge in [0.1, 0.15) is 0 Å². The number of esters is 1. The predicted molar refractivity (Wildman–Crippen MR) is 98.3 cm³/mol. The van der Waals surface area contributed by atoms with Gasteiger partial charge in [-0.05, 0) is 44.2 Å². The summed E-state index contributed by atoms with van der Waals surface area (Å²) in [6.45, 7) is 2.98. The molecule has 132 valence electrons. The molecule has 0 aliphatic carbocycles. The highest BCUT2D eigenvalue weighted by atomic mass is 16.5. The summed E-state index contributed by atoms with van der Waals surface area (Å²) in [5.41, 5.74) is 2.28. The maximum atomic E-state index is 12.3. The summed E-state index contributed by atoms with van der Waals surface area (Å²) in [4.78, 5) is 38.8. The molecule has 6 heteroatoms. The number of carbonyl (C=O) groups excluding carboxylic acids is 3. The Morgan fingerprint density at radius 3 is 2.42 bits per heavy atom. The molecule has 0 radical (unpaired) electrons. The molecule has 0 bridgehead atoms. The standard InChI is InChI=1S/C20H18N2O4/c1-12(23)14-7-9-15(10-8-14)22-19(24)13(2)26-20(25)17-11-21-18-6-4-3-5-16(17)18/h3-11,13,21H,1-2H3,(H,22,24). The minimum Gasteiger partial charge on any atom is -0.449 e. The Balaban J connectivity index is 1.65. The molecule has 1 unspecified atom stereocenters. The van der Waals surface area contributed by atoms with E-state index in [1.54, 1.807) is 30.5 Å². The first kappa shape index (κ1) is 17.4. The first-order valence-electron chi connectivity index (χ1n) is 8.14. The maximum absolute atomic E-state index is 12.3. The second-order valence-corrected chi connectivity index (χ2v) is 5.92. The molecule has 1 aromatic heterocycles. The third-order valence-corrected chi connectivity index (χ3v) is 4.02. The van der Waals surface area contributed by atoms with Crippen molar-refractivity contribution in [3.63, 3.8) is 0 Å². The molecule has 26 heavy (non-hydrogen) atoms. The third kappa shape index (κ3) is 3.64. The number of fused-ring (bicyclic) bond motifs is 1. The largest absolute Gasteiger partial charge is 0.449 e. The van der Waals surface area contributed by atoms with Crippen LogP contribution in [0.3, 0.4) is 0 Å². The Hall–Kier alpha value is -3.41. The molecule has 0 fully saturated rings. The van der Waals surface area contributed by atoms with Crippen molar-refractivity contribution in [3.05, 3.63) is 65.9 Å². The van der Waals surface area contributed by atoms with Gasteiger partial charge in [-0.2, -0.15) is 0 Å². The van der Waals surface area contributed by atoms with Crippen molar-refractivity contribution in [1.29, 1.82) is 0 Å². The quantitative estimate of drug-likeness (QED) is 0.544. The van der Waals surface area contributed by atoms with Gasteiger partial charge in [-0.1, -0.05) is 18.2 Å². The predicted octanol–water partition coefficient (Wildman–Crippen LogP) is 3.55. The number of para-hydroxylation sites is 1. The van der Waals surface area contributed by atoms with E-state index in [1.807, 2.05) is 24.3 Å². The molecule has 2 aromatic carbocycles. The summed E-state index contributed by atoms with van der Waals surface area (Å²) < 4.78 is 5.27. The van der Waals surface area contributed by atoms with Crippen LogP contribution < -0.4 is 5.32 Å². The minimum atomic E-state index is -0.969. The zero-order valence-corrected chi connectivity index (χ0v) is 14.4. The second-order valence-electron chi connectivity index (χ2n) is 5.92. The molecule has 0 saturated heterocycles. The third-order valence-electron chi connectivity index (χ3n) is 4.02. The van der Waals surface area contributed by atoms with Crippen molar-refractivity contribution >= 4 is 34.3 Å². The van der Waals surface area contributed by atoms with Crippen molar-refractivity contribution < 1.29 is 19.1 Å². The number of nitrogens with one attached hydrogen (secondary N) is 2. The molecular weight excluding hydrogens is 332 g/mol. The summed E-state index contributed by atoms with van der Waals surface area (Å²) in [6, 6.07) is 13.9. The minimum absolute atomic E-state index is 0.0519. The van der Waals surface area contributed by atoms with Crippen LogP contribution in [-0.2, 0) is 9.53 Å². The van der Waals surface area contributed by atoms with Gasteiger partial charge in [0.05, 0.1) is 5.56 Å². The summed E-state index contributed by atoms with van der Waals surface area (Å²) in [7, 11) is 0. The van der Waals surface area contributed by atoms with E-state index in [4.69, 9.17) is 4.74 Å². The lowest BCUT2D eigenvalue weighted by Gasteiger charge is -2.13. The molecule has 0 spiro atoms. The number of aromatic amines is 1. The topological polar surface area (TPSA) is 88.3 Å². The van der Waals surface area contributed by atoms with Crippen molar-refractivity contribution in [2.45, 2.75) is 20.0 Å². The van der Waals surface area contributed by atoms with Crippen molar-refractivity contribution in [2.75, 3.05) is 5.32 Å². The van der Waals surface area contributed by atoms with Crippen LogP contribution in [-0.4, -0.2) is 28.7 Å². The first-order valence-corrected chi connectivity index (χ1v) is 8.14. The number of hydrogen-bond donors (Lipinski definition) is 2. The number of anilines is 1. The average Bonchev–Trinajstić information content (AvgIpc) is 3.06. The lowest BCUT2D eigenvalue weighted by Crippen LogP contribution is -2.29. The number of carbonyl (C=O) groups is 3. The van der Waals surface area contributed by atoms with E-state index in [9.17, 15) is 14.4 Å². The van der Waals surface area contributed by atoms with Crippen LogP contribution in [0.1, 0.15) is 34.6 Å². The number of hydrogen-bond acceptors (Lipinski definition) is 4. The van der Waals surface area contributed by atoms with Crippen LogP contribution in [0.15, 0.2) is 54.7 Å². The Morgan fingerprint density at radius 2 is 1.73 bits per heavy atom. The van der Waals surface area contributed by atoms with Crippen LogP contribution in [0.5, 0.6) is 0 Å². The molecule has 2 N–H and O–H groups in total. The van der Waals surface area contributed by atoms with E-state index >= 15 is 0 Å². The lowest BCUT2D eigenvalue weighted by molar-refractivity contribution is -0.123. The SMILES string of the molecule is CC(=O)c1ccc(NC(=O)C(C)OC(=O)c2c[nH]c3ccccc23)cc1. The number of Topliss-reactive ketones (excluding diaryl/α,β-unsaturated/α-hetero) is 1. The molecule has 0 saturated carbocycles. The normalized spacial score (nSPS) is 11.8. The van der Waals surface area contributed by atoms with Gasteiger partial charge in [0, 0.05) is 28.4 Å². The number of ether oxygens (including phenoxy) is 1. The first-order chi connectivity index (χ1) is 12.5. The van der Waals surface area contributed by atoms with Crippen molar-refractivity contribution in [1.82, 2.24) is 4.98 Å². The monoisotopic (exact) mass is 350 g/mol. The molecule has 1 amide bonds. The summed E-state index contributed by atoms with van der Waals surface area (Å²) in [5.74, 6) is -1.07. The van der Waals surface area contributed by atoms with Crippen LogP contribution in [0.2, 0.25) is 0 Å². The van der Waals surface area contributed by atoms with Gasteiger partial charge in [0.15, 0.2) is 11.9 Å². The number of amides is 1.